The number of aromatic amines is 1. The molecule has 1 N–H and O–H groups in total. The highest BCUT2D eigenvalue weighted by atomic mass is 35.5. The minimum atomic E-state index is -0.295. The van der Waals surface area contributed by atoms with Gasteiger partial charge in [-0.2, -0.15) is 5.10 Å². The summed E-state index contributed by atoms with van der Waals surface area (Å²) in [6.45, 7) is 7.60. The second-order valence-corrected chi connectivity index (χ2v) is 9.59. The third kappa shape index (κ3) is 4.65. The van der Waals surface area contributed by atoms with Crippen LogP contribution in [0.3, 0.4) is 0 Å². The molecular weight excluding hydrogens is 484 g/mol. The van der Waals surface area contributed by atoms with E-state index in [9.17, 15) is 9.59 Å². The van der Waals surface area contributed by atoms with Crippen LogP contribution in [-0.4, -0.2) is 34.7 Å². The van der Waals surface area contributed by atoms with Crippen molar-refractivity contribution in [3.8, 4) is 11.1 Å². The molecule has 0 saturated heterocycles. The molecule has 0 radical (unpaired) electrons. The Hall–Kier alpha value is -3.90. The molecule has 0 fully saturated rings. The molecule has 7 heteroatoms. The molecule has 1 aliphatic rings. The molecule has 0 aliphatic carbocycles. The van der Waals surface area contributed by atoms with E-state index in [4.69, 9.17) is 16.7 Å². The molecule has 37 heavy (non-hydrogen) atoms. The van der Waals surface area contributed by atoms with Crippen molar-refractivity contribution >= 4 is 39.8 Å². The van der Waals surface area contributed by atoms with Crippen LogP contribution in [0.4, 0.5) is 5.69 Å². The first kappa shape index (κ1) is 24.8. The molecule has 1 aliphatic heterocycles. The van der Waals surface area contributed by atoms with E-state index in [-0.39, 0.29) is 17.5 Å². The van der Waals surface area contributed by atoms with Gasteiger partial charge in [-0.1, -0.05) is 54.1 Å². The largest absolute Gasteiger partial charge is 0.372 e. The van der Waals surface area contributed by atoms with Crippen molar-refractivity contribution in [2.45, 2.75) is 33.2 Å². The number of pyridine rings is 1. The summed E-state index contributed by atoms with van der Waals surface area (Å²) >= 11 is 6.38. The number of hydrazone groups is 1. The first-order valence-corrected chi connectivity index (χ1v) is 12.9. The van der Waals surface area contributed by atoms with E-state index in [0.29, 0.717) is 28.2 Å². The lowest BCUT2D eigenvalue weighted by Crippen LogP contribution is -2.25. The average Bonchev–Trinajstić information content (AvgIpc) is 3.35. The van der Waals surface area contributed by atoms with Crippen LogP contribution in [0.1, 0.15) is 44.4 Å². The third-order valence-electron chi connectivity index (χ3n) is 6.97. The van der Waals surface area contributed by atoms with E-state index >= 15 is 0 Å². The molecule has 3 aromatic carbocycles. The molecule has 6 nitrogen and oxygen atoms in total. The number of benzene rings is 3. The fourth-order valence-corrected chi connectivity index (χ4v) is 5.32. The van der Waals surface area contributed by atoms with Crippen LogP contribution in [0.5, 0.6) is 0 Å². The second-order valence-electron chi connectivity index (χ2n) is 9.15. The molecule has 1 unspecified atom stereocenters. The van der Waals surface area contributed by atoms with Gasteiger partial charge in [-0.05, 0) is 55.3 Å². The number of aromatic nitrogens is 1. The monoisotopic (exact) mass is 512 g/mol. The van der Waals surface area contributed by atoms with Crippen molar-refractivity contribution in [1.82, 2.24) is 9.99 Å². The molecule has 0 saturated carbocycles. The number of H-pyrrole nitrogens is 1. The van der Waals surface area contributed by atoms with Crippen LogP contribution >= 0.6 is 11.6 Å². The molecule has 5 rings (SSSR count). The van der Waals surface area contributed by atoms with Crippen LogP contribution in [0, 0.1) is 0 Å². The first-order chi connectivity index (χ1) is 17.9. The van der Waals surface area contributed by atoms with Gasteiger partial charge in [0.25, 0.3) is 5.56 Å². The van der Waals surface area contributed by atoms with Crippen molar-refractivity contribution in [2.24, 2.45) is 5.10 Å². The number of carbonyl (C=O) groups excluding carboxylic acids is 1. The Balaban J connectivity index is 1.64. The lowest BCUT2D eigenvalue weighted by molar-refractivity contribution is -0.130. The fraction of sp³-hybridized carbons (Fsp3) is 0.233. The number of fused-ring (bicyclic) bond motifs is 1. The molecule has 2 heterocycles. The zero-order valence-corrected chi connectivity index (χ0v) is 21.9. The third-order valence-corrected chi connectivity index (χ3v) is 7.20. The summed E-state index contributed by atoms with van der Waals surface area (Å²) in [5, 5.41) is 7.62. The van der Waals surface area contributed by atoms with Gasteiger partial charge in [0.1, 0.15) is 0 Å². The highest BCUT2D eigenvalue weighted by Gasteiger charge is 2.34. The van der Waals surface area contributed by atoms with Gasteiger partial charge in [0.15, 0.2) is 0 Å². The maximum atomic E-state index is 13.5. The van der Waals surface area contributed by atoms with Gasteiger partial charge in [-0.3, -0.25) is 9.59 Å². The number of anilines is 1. The summed E-state index contributed by atoms with van der Waals surface area (Å²) in [6, 6.07) is 23.2. The standard InChI is InChI=1S/C30H29ClN4O2/c1-4-34(5-2)23-14-11-20(12-15-23)27-18-26(33-35(27)19(3)36)29-28(21-9-7-6-8-10-21)24-17-22(31)13-16-25(24)32-30(29)37/h6-17,27H,4-5,18H2,1-3H3,(H,32,37). The summed E-state index contributed by atoms with van der Waals surface area (Å²) in [4.78, 5) is 31.5. The number of nitrogens with one attached hydrogen (secondary N) is 1. The smallest absolute Gasteiger partial charge is 0.258 e. The Morgan fingerprint density at radius 2 is 1.73 bits per heavy atom. The zero-order chi connectivity index (χ0) is 26.1. The fourth-order valence-electron chi connectivity index (χ4n) is 5.15. The molecule has 0 spiro atoms. The molecule has 4 aromatic rings. The number of carbonyl (C=O) groups is 1. The number of rotatable bonds is 6. The Morgan fingerprint density at radius 1 is 1.03 bits per heavy atom. The highest BCUT2D eigenvalue weighted by Crippen LogP contribution is 2.37. The second kappa shape index (κ2) is 10.2. The minimum Gasteiger partial charge on any atom is -0.372 e. The predicted molar refractivity (Wildman–Crippen MR) is 151 cm³/mol. The van der Waals surface area contributed by atoms with E-state index < -0.39 is 0 Å². The molecule has 0 bridgehead atoms. The number of nitrogens with zero attached hydrogens (tertiary/aromatic N) is 3. The topological polar surface area (TPSA) is 68.8 Å². The van der Waals surface area contributed by atoms with Gasteiger partial charge in [0, 0.05) is 53.6 Å². The minimum absolute atomic E-state index is 0.172. The van der Waals surface area contributed by atoms with E-state index in [1.807, 2.05) is 42.5 Å². The number of amides is 1. The van der Waals surface area contributed by atoms with Crippen molar-refractivity contribution in [1.29, 1.82) is 0 Å². The van der Waals surface area contributed by atoms with Gasteiger partial charge >= 0.3 is 0 Å². The Labute approximate surface area is 221 Å². The van der Waals surface area contributed by atoms with Gasteiger partial charge in [-0.15, -0.1) is 0 Å². The number of hydrogen-bond acceptors (Lipinski definition) is 4. The van der Waals surface area contributed by atoms with Crippen molar-refractivity contribution in [2.75, 3.05) is 18.0 Å². The molecule has 188 valence electrons. The SMILES string of the molecule is CCN(CC)c1ccc(C2CC(c3c(-c4ccccc4)c4cc(Cl)ccc4[nH]c3=O)=NN2C(C)=O)cc1. The van der Waals surface area contributed by atoms with E-state index in [1.54, 1.807) is 6.07 Å². The van der Waals surface area contributed by atoms with Crippen LogP contribution in [-0.2, 0) is 4.79 Å². The maximum absolute atomic E-state index is 13.5. The Bertz CT molecular complexity index is 1540. The quantitative estimate of drug-likeness (QED) is 0.325. The van der Waals surface area contributed by atoms with Crippen molar-refractivity contribution < 1.29 is 4.79 Å². The Kier molecular flexibility index (Phi) is 6.85. The van der Waals surface area contributed by atoms with Gasteiger partial charge in [0.05, 0.1) is 17.3 Å². The van der Waals surface area contributed by atoms with E-state index in [1.165, 1.54) is 11.9 Å². The van der Waals surface area contributed by atoms with Gasteiger partial charge in [0.2, 0.25) is 5.91 Å². The summed E-state index contributed by atoms with van der Waals surface area (Å²) in [6.07, 6.45) is 0.430. The lowest BCUT2D eigenvalue weighted by atomic mass is 9.91. The van der Waals surface area contributed by atoms with Crippen LogP contribution in [0.15, 0.2) is 82.7 Å². The van der Waals surface area contributed by atoms with Gasteiger partial charge in [-0.25, -0.2) is 5.01 Å². The first-order valence-electron chi connectivity index (χ1n) is 12.5. The summed E-state index contributed by atoms with van der Waals surface area (Å²) in [7, 11) is 0. The molecule has 1 amide bonds. The maximum Gasteiger partial charge on any atom is 0.258 e. The Morgan fingerprint density at radius 3 is 2.38 bits per heavy atom. The summed E-state index contributed by atoms with van der Waals surface area (Å²) < 4.78 is 0. The van der Waals surface area contributed by atoms with Gasteiger partial charge < -0.3 is 9.88 Å². The van der Waals surface area contributed by atoms with Crippen LogP contribution < -0.4 is 10.5 Å². The predicted octanol–water partition coefficient (Wildman–Crippen LogP) is 6.39. The van der Waals surface area contributed by atoms with Crippen LogP contribution in [0.2, 0.25) is 5.02 Å². The highest BCUT2D eigenvalue weighted by molar-refractivity contribution is 6.31. The van der Waals surface area contributed by atoms with E-state index in [2.05, 4.69) is 48.0 Å². The lowest BCUT2D eigenvalue weighted by Gasteiger charge is -2.23. The number of halogens is 1. The average molecular weight is 513 g/mol. The summed E-state index contributed by atoms with van der Waals surface area (Å²) in [5.41, 5.74) is 5.27. The number of hydrogen-bond donors (Lipinski definition) is 1. The van der Waals surface area contributed by atoms with Crippen LogP contribution in [0.25, 0.3) is 22.0 Å². The normalized spacial score (nSPS) is 15.2. The zero-order valence-electron chi connectivity index (χ0n) is 21.2. The molecular formula is C30H29ClN4O2. The summed E-state index contributed by atoms with van der Waals surface area (Å²) in [5.74, 6) is -0.172. The van der Waals surface area contributed by atoms with Crippen molar-refractivity contribution in [3.63, 3.8) is 0 Å². The molecule has 1 aromatic heterocycles. The van der Waals surface area contributed by atoms with Crippen molar-refractivity contribution in [3.05, 3.63) is 99.3 Å². The molecule has 1 atom stereocenters. The van der Waals surface area contributed by atoms with E-state index in [0.717, 1.165) is 40.9 Å².